The molecule has 5 rings (SSSR count). The number of likely N-dealkylation sites (tertiary alicyclic amines) is 1. The van der Waals surface area contributed by atoms with Crippen LogP contribution >= 0.6 is 0 Å². The average Bonchev–Trinajstić information content (AvgIpc) is 3.31. The minimum absolute atomic E-state index is 0.0492. The van der Waals surface area contributed by atoms with Gasteiger partial charge in [-0.3, -0.25) is 19.3 Å². The van der Waals surface area contributed by atoms with Gasteiger partial charge in [0.1, 0.15) is 29.2 Å². The number of amides is 3. The molecule has 0 bridgehead atoms. The number of benzene rings is 2. The number of piperazine rings is 1. The zero-order valence-electron chi connectivity index (χ0n) is 22.1. The van der Waals surface area contributed by atoms with Crippen LogP contribution in [-0.2, 0) is 9.53 Å². The van der Waals surface area contributed by atoms with Crippen LogP contribution in [0, 0.1) is 11.6 Å². The van der Waals surface area contributed by atoms with E-state index in [2.05, 4.69) is 4.90 Å². The molecule has 1 unspecified atom stereocenters. The number of ether oxygens (including phenoxy) is 2. The van der Waals surface area contributed by atoms with Gasteiger partial charge in [0.15, 0.2) is 0 Å². The Balaban J connectivity index is 1.39. The number of hydrogen-bond acceptors (Lipinski definition) is 6. The summed E-state index contributed by atoms with van der Waals surface area (Å²) in [6, 6.07) is 8.74. The van der Waals surface area contributed by atoms with E-state index in [1.165, 1.54) is 12.0 Å². The van der Waals surface area contributed by atoms with E-state index in [1.54, 1.807) is 34.1 Å². The predicted molar refractivity (Wildman–Crippen MR) is 137 cm³/mol. The van der Waals surface area contributed by atoms with Crippen LogP contribution in [0.1, 0.15) is 33.6 Å². The highest BCUT2D eigenvalue weighted by atomic mass is 19.1. The molecule has 3 aliphatic rings. The molecule has 208 valence electrons. The molecular weight excluding hydrogens is 510 g/mol. The van der Waals surface area contributed by atoms with E-state index in [-0.39, 0.29) is 49.9 Å². The van der Waals surface area contributed by atoms with E-state index in [0.717, 1.165) is 25.2 Å². The van der Waals surface area contributed by atoms with Gasteiger partial charge in [-0.05, 0) is 43.4 Å². The summed E-state index contributed by atoms with van der Waals surface area (Å²) in [5.74, 6) is -2.14. The van der Waals surface area contributed by atoms with Crippen molar-refractivity contribution in [3.05, 3.63) is 65.2 Å². The first-order valence-corrected chi connectivity index (χ1v) is 13.1. The molecule has 0 saturated carbocycles. The molecule has 1 spiro atoms. The monoisotopic (exact) mass is 542 g/mol. The summed E-state index contributed by atoms with van der Waals surface area (Å²) < 4.78 is 39.1. The van der Waals surface area contributed by atoms with Crippen molar-refractivity contribution in [3.63, 3.8) is 0 Å². The fraction of sp³-hybridized carbons (Fsp3) is 0.464. The van der Waals surface area contributed by atoms with Crippen molar-refractivity contribution >= 4 is 17.7 Å². The van der Waals surface area contributed by atoms with E-state index >= 15 is 0 Å². The highest BCUT2D eigenvalue weighted by Gasteiger charge is 2.55. The third-order valence-electron chi connectivity index (χ3n) is 7.91. The smallest absolute Gasteiger partial charge is 0.256 e. The molecule has 2 aromatic rings. The van der Waals surface area contributed by atoms with Crippen molar-refractivity contribution in [1.29, 1.82) is 0 Å². The summed E-state index contributed by atoms with van der Waals surface area (Å²) in [6.07, 6.45) is 0.492. The molecule has 3 amide bonds. The van der Waals surface area contributed by atoms with Gasteiger partial charge >= 0.3 is 0 Å². The quantitative estimate of drug-likeness (QED) is 0.590. The summed E-state index contributed by atoms with van der Waals surface area (Å²) in [5, 5.41) is 0. The number of piperidine rings is 1. The van der Waals surface area contributed by atoms with E-state index in [9.17, 15) is 23.2 Å². The minimum atomic E-state index is -1.10. The molecule has 0 aromatic heterocycles. The van der Waals surface area contributed by atoms with Gasteiger partial charge in [-0.15, -0.1) is 0 Å². The SMILES string of the molecule is COc1ccc(C(=O)N2C(C(=O)N3CCN(C)CC3)COC23CCN(C(=O)c2ccc(F)cc2F)CC3)cc1. The summed E-state index contributed by atoms with van der Waals surface area (Å²) >= 11 is 0. The number of methoxy groups -OCH3 is 1. The molecule has 3 heterocycles. The first-order chi connectivity index (χ1) is 18.7. The largest absolute Gasteiger partial charge is 0.497 e. The second kappa shape index (κ2) is 10.9. The summed E-state index contributed by atoms with van der Waals surface area (Å²) in [7, 11) is 3.54. The Labute approximate surface area is 225 Å². The predicted octanol–water partition coefficient (Wildman–Crippen LogP) is 2.22. The Morgan fingerprint density at radius 1 is 0.897 bits per heavy atom. The number of carbonyl (C=O) groups is 3. The molecule has 0 radical (unpaired) electrons. The standard InChI is InChI=1S/C28H32F2N4O5/c1-31-13-15-33(16-14-31)27(37)24-18-39-28(34(24)25(35)19-3-6-21(38-2)7-4-19)9-11-32(12-10-28)26(36)22-8-5-20(29)17-23(22)30/h3-8,17,24H,9-16,18H2,1-2H3. The van der Waals surface area contributed by atoms with Crippen LogP contribution in [0.5, 0.6) is 5.75 Å². The molecule has 3 fully saturated rings. The van der Waals surface area contributed by atoms with Crippen LogP contribution in [0.2, 0.25) is 0 Å². The van der Waals surface area contributed by atoms with Gasteiger partial charge in [-0.2, -0.15) is 0 Å². The van der Waals surface area contributed by atoms with Gasteiger partial charge in [-0.25, -0.2) is 8.78 Å². The van der Waals surface area contributed by atoms with Crippen molar-refractivity contribution in [2.24, 2.45) is 0 Å². The number of carbonyl (C=O) groups excluding carboxylic acids is 3. The van der Waals surface area contributed by atoms with Gasteiger partial charge in [0, 0.05) is 63.7 Å². The third-order valence-corrected chi connectivity index (χ3v) is 7.91. The fourth-order valence-corrected chi connectivity index (χ4v) is 5.56. The lowest BCUT2D eigenvalue weighted by Crippen LogP contribution is -2.61. The molecule has 3 aliphatic heterocycles. The Bertz CT molecular complexity index is 1240. The Hall–Kier alpha value is -3.57. The van der Waals surface area contributed by atoms with Crippen LogP contribution in [0.4, 0.5) is 8.78 Å². The van der Waals surface area contributed by atoms with Gasteiger partial charge in [0.2, 0.25) is 5.91 Å². The molecule has 0 N–H and O–H groups in total. The number of hydrogen-bond donors (Lipinski definition) is 0. The number of likely N-dealkylation sites (N-methyl/N-ethyl adjacent to an activating group) is 1. The number of nitrogens with zero attached hydrogens (tertiary/aromatic N) is 4. The second-order valence-corrected chi connectivity index (χ2v) is 10.2. The van der Waals surface area contributed by atoms with Gasteiger partial charge in [0.25, 0.3) is 11.8 Å². The highest BCUT2D eigenvalue weighted by molar-refractivity contribution is 5.99. The van der Waals surface area contributed by atoms with E-state index in [4.69, 9.17) is 9.47 Å². The van der Waals surface area contributed by atoms with Crippen LogP contribution < -0.4 is 4.74 Å². The van der Waals surface area contributed by atoms with Gasteiger partial charge in [0.05, 0.1) is 19.3 Å². The maximum absolute atomic E-state index is 14.3. The summed E-state index contributed by atoms with van der Waals surface area (Å²) in [5.41, 5.74) is -0.917. The Kier molecular flexibility index (Phi) is 7.55. The number of rotatable bonds is 4. The molecule has 2 aromatic carbocycles. The molecule has 1 atom stereocenters. The van der Waals surface area contributed by atoms with Crippen LogP contribution in [0.3, 0.4) is 0 Å². The van der Waals surface area contributed by atoms with Crippen molar-refractivity contribution in [3.8, 4) is 5.75 Å². The van der Waals surface area contributed by atoms with Crippen LogP contribution in [0.25, 0.3) is 0 Å². The topological polar surface area (TPSA) is 82.6 Å². The normalized spacial score (nSPS) is 21.3. The third kappa shape index (κ3) is 5.20. The van der Waals surface area contributed by atoms with E-state index in [1.807, 2.05) is 7.05 Å². The van der Waals surface area contributed by atoms with Gasteiger partial charge in [-0.1, -0.05) is 0 Å². The molecule has 9 nitrogen and oxygen atoms in total. The van der Waals surface area contributed by atoms with Crippen molar-refractivity contribution < 1.29 is 32.6 Å². The Morgan fingerprint density at radius 3 is 2.18 bits per heavy atom. The molecule has 39 heavy (non-hydrogen) atoms. The summed E-state index contributed by atoms with van der Waals surface area (Å²) in [4.78, 5) is 47.6. The second-order valence-electron chi connectivity index (χ2n) is 10.2. The first kappa shape index (κ1) is 27.0. The lowest BCUT2D eigenvalue weighted by Gasteiger charge is -2.45. The van der Waals surface area contributed by atoms with Crippen molar-refractivity contribution in [2.45, 2.75) is 24.6 Å². The molecular formula is C28H32F2N4O5. The number of halogens is 2. The lowest BCUT2D eigenvalue weighted by atomic mass is 9.95. The zero-order chi connectivity index (χ0) is 27.7. The first-order valence-electron chi connectivity index (χ1n) is 13.1. The maximum atomic E-state index is 14.3. The average molecular weight is 543 g/mol. The Morgan fingerprint density at radius 2 is 1.56 bits per heavy atom. The van der Waals surface area contributed by atoms with Crippen LogP contribution in [-0.4, -0.2) is 109 Å². The minimum Gasteiger partial charge on any atom is -0.497 e. The van der Waals surface area contributed by atoms with E-state index < -0.39 is 29.3 Å². The fourth-order valence-electron chi connectivity index (χ4n) is 5.56. The lowest BCUT2D eigenvalue weighted by molar-refractivity contribution is -0.139. The highest BCUT2D eigenvalue weighted by Crippen LogP contribution is 2.39. The van der Waals surface area contributed by atoms with Crippen LogP contribution in [0.15, 0.2) is 42.5 Å². The molecule has 11 heteroatoms. The molecule has 0 aliphatic carbocycles. The van der Waals surface area contributed by atoms with E-state index in [0.29, 0.717) is 30.5 Å². The van der Waals surface area contributed by atoms with Crippen molar-refractivity contribution in [2.75, 3.05) is 60.0 Å². The summed E-state index contributed by atoms with van der Waals surface area (Å²) in [6.45, 7) is 3.02. The maximum Gasteiger partial charge on any atom is 0.256 e. The zero-order valence-corrected chi connectivity index (χ0v) is 22.1. The van der Waals surface area contributed by atoms with Crippen molar-refractivity contribution in [1.82, 2.24) is 19.6 Å². The molecule has 3 saturated heterocycles. The van der Waals surface area contributed by atoms with Gasteiger partial charge < -0.3 is 24.2 Å².